The van der Waals surface area contributed by atoms with Crippen molar-refractivity contribution >= 4 is 11.6 Å². The molecule has 2 aliphatic heterocycles. The lowest BCUT2D eigenvalue weighted by atomic mass is 9.95. The standard InChI is InChI=1S/C22H26N2O4/c1-15-14-19(17-7-12-27-13-8-17)28-22(26)20(15)21(25)23-9-11-24-10-6-16-4-2-3-5-18(16)24/h2-5,14,17H,6-13H2,1H3,(H,23,25). The van der Waals surface area contributed by atoms with Gasteiger partial charge in [-0.3, -0.25) is 4.79 Å². The summed E-state index contributed by atoms with van der Waals surface area (Å²) in [6, 6.07) is 10.2. The number of ether oxygens (including phenoxy) is 1. The van der Waals surface area contributed by atoms with Gasteiger partial charge in [-0.1, -0.05) is 18.2 Å². The van der Waals surface area contributed by atoms with Gasteiger partial charge in [0.1, 0.15) is 11.3 Å². The number of benzene rings is 1. The van der Waals surface area contributed by atoms with E-state index in [0.717, 1.165) is 25.8 Å². The van der Waals surface area contributed by atoms with Crippen LogP contribution in [0.2, 0.25) is 0 Å². The Bertz CT molecular complexity index is 915. The molecule has 2 aromatic rings. The van der Waals surface area contributed by atoms with Crippen LogP contribution in [-0.2, 0) is 11.2 Å². The van der Waals surface area contributed by atoms with Gasteiger partial charge in [0.05, 0.1) is 0 Å². The van der Waals surface area contributed by atoms with Crippen LogP contribution < -0.4 is 15.8 Å². The Hall–Kier alpha value is -2.60. The highest BCUT2D eigenvalue weighted by Crippen LogP contribution is 2.28. The number of hydrogen-bond donors (Lipinski definition) is 1. The highest BCUT2D eigenvalue weighted by atomic mass is 16.5. The summed E-state index contributed by atoms with van der Waals surface area (Å²) in [6.07, 6.45) is 2.71. The first-order valence-electron chi connectivity index (χ1n) is 9.97. The lowest BCUT2D eigenvalue weighted by Gasteiger charge is -2.21. The molecule has 6 heteroatoms. The minimum atomic E-state index is -0.550. The molecule has 1 aromatic heterocycles. The summed E-state index contributed by atoms with van der Waals surface area (Å²) in [6.45, 7) is 5.30. The van der Waals surface area contributed by atoms with Crippen LogP contribution in [0.5, 0.6) is 0 Å². The molecule has 28 heavy (non-hydrogen) atoms. The van der Waals surface area contributed by atoms with Gasteiger partial charge < -0.3 is 19.4 Å². The van der Waals surface area contributed by atoms with Crippen molar-refractivity contribution in [2.75, 3.05) is 37.7 Å². The molecule has 1 aromatic carbocycles. The van der Waals surface area contributed by atoms with E-state index in [1.807, 2.05) is 12.1 Å². The molecule has 0 spiro atoms. The van der Waals surface area contributed by atoms with E-state index in [4.69, 9.17) is 9.15 Å². The third-order valence-corrected chi connectivity index (χ3v) is 5.67. The van der Waals surface area contributed by atoms with Crippen LogP contribution in [0, 0.1) is 6.92 Å². The minimum absolute atomic E-state index is 0.109. The van der Waals surface area contributed by atoms with Gasteiger partial charge in [0, 0.05) is 44.5 Å². The van der Waals surface area contributed by atoms with Crippen molar-refractivity contribution in [2.24, 2.45) is 0 Å². The lowest BCUT2D eigenvalue weighted by molar-refractivity contribution is 0.0795. The van der Waals surface area contributed by atoms with Crippen molar-refractivity contribution in [3.8, 4) is 0 Å². The predicted molar refractivity (Wildman–Crippen MR) is 107 cm³/mol. The van der Waals surface area contributed by atoms with E-state index >= 15 is 0 Å². The van der Waals surface area contributed by atoms with E-state index in [0.29, 0.717) is 37.6 Å². The number of amides is 1. The molecule has 3 heterocycles. The van der Waals surface area contributed by atoms with E-state index in [9.17, 15) is 9.59 Å². The quantitative estimate of drug-likeness (QED) is 0.861. The summed E-state index contributed by atoms with van der Waals surface area (Å²) in [5.41, 5.74) is 2.80. The Morgan fingerprint density at radius 1 is 1.25 bits per heavy atom. The molecule has 1 N–H and O–H groups in total. The number of hydrogen-bond acceptors (Lipinski definition) is 5. The molecule has 1 fully saturated rings. The third kappa shape index (κ3) is 3.83. The van der Waals surface area contributed by atoms with Gasteiger partial charge in [-0.25, -0.2) is 4.79 Å². The summed E-state index contributed by atoms with van der Waals surface area (Å²) >= 11 is 0. The van der Waals surface area contributed by atoms with E-state index in [1.54, 1.807) is 6.92 Å². The van der Waals surface area contributed by atoms with Gasteiger partial charge in [0.25, 0.3) is 5.91 Å². The maximum Gasteiger partial charge on any atom is 0.349 e. The molecule has 0 bridgehead atoms. The van der Waals surface area contributed by atoms with Crippen molar-refractivity contribution < 1.29 is 13.9 Å². The molecule has 0 saturated carbocycles. The van der Waals surface area contributed by atoms with Crippen LogP contribution in [-0.4, -0.2) is 38.8 Å². The molecule has 148 valence electrons. The van der Waals surface area contributed by atoms with Crippen LogP contribution >= 0.6 is 0 Å². The van der Waals surface area contributed by atoms with E-state index in [-0.39, 0.29) is 17.4 Å². The molecule has 2 aliphatic rings. The van der Waals surface area contributed by atoms with Gasteiger partial charge in [-0.15, -0.1) is 0 Å². The van der Waals surface area contributed by atoms with Crippen LogP contribution in [0.1, 0.15) is 46.0 Å². The number of aryl methyl sites for hydroxylation is 1. The fraction of sp³-hybridized carbons (Fsp3) is 0.455. The molecule has 0 aliphatic carbocycles. The first-order chi connectivity index (χ1) is 13.6. The zero-order valence-electron chi connectivity index (χ0n) is 16.2. The zero-order valence-corrected chi connectivity index (χ0v) is 16.2. The van der Waals surface area contributed by atoms with Crippen LogP contribution in [0.25, 0.3) is 0 Å². The second-order valence-corrected chi connectivity index (χ2v) is 7.50. The normalized spacial score (nSPS) is 16.8. The van der Waals surface area contributed by atoms with Crippen molar-refractivity contribution in [3.05, 3.63) is 63.2 Å². The molecule has 0 unspecified atom stereocenters. The van der Waals surface area contributed by atoms with E-state index in [1.165, 1.54) is 11.3 Å². The number of nitrogens with one attached hydrogen (secondary N) is 1. The number of fused-ring (bicyclic) bond motifs is 1. The molecule has 4 rings (SSSR count). The summed E-state index contributed by atoms with van der Waals surface area (Å²) in [5, 5.41) is 2.88. The number of nitrogens with zero attached hydrogens (tertiary/aromatic N) is 1. The molecule has 1 amide bonds. The molecular weight excluding hydrogens is 356 g/mol. The van der Waals surface area contributed by atoms with Gasteiger partial charge >= 0.3 is 5.63 Å². The second-order valence-electron chi connectivity index (χ2n) is 7.50. The number of carbonyl (C=O) groups is 1. The van der Waals surface area contributed by atoms with Crippen molar-refractivity contribution in [2.45, 2.75) is 32.1 Å². The topological polar surface area (TPSA) is 71.8 Å². The summed E-state index contributed by atoms with van der Waals surface area (Å²) < 4.78 is 10.9. The second kappa shape index (κ2) is 8.19. The lowest BCUT2D eigenvalue weighted by Crippen LogP contribution is -2.36. The fourth-order valence-corrected chi connectivity index (χ4v) is 4.12. The van der Waals surface area contributed by atoms with Gasteiger partial charge in [0.2, 0.25) is 0 Å². The predicted octanol–water partition coefficient (Wildman–Crippen LogP) is 2.63. The maximum atomic E-state index is 12.6. The van der Waals surface area contributed by atoms with Crippen LogP contribution in [0.3, 0.4) is 0 Å². The smallest absolute Gasteiger partial charge is 0.349 e. The first kappa shape index (κ1) is 18.7. The first-order valence-corrected chi connectivity index (χ1v) is 9.97. The SMILES string of the molecule is Cc1cc(C2CCOCC2)oc(=O)c1C(=O)NCCN1CCc2ccccc21. The van der Waals surface area contributed by atoms with Crippen molar-refractivity contribution in [1.82, 2.24) is 5.32 Å². The molecule has 0 radical (unpaired) electrons. The number of carbonyl (C=O) groups excluding carboxylic acids is 1. The minimum Gasteiger partial charge on any atom is -0.427 e. The van der Waals surface area contributed by atoms with E-state index < -0.39 is 5.63 Å². The number of anilines is 1. The highest BCUT2D eigenvalue weighted by Gasteiger charge is 2.23. The summed E-state index contributed by atoms with van der Waals surface area (Å²) in [7, 11) is 0. The Morgan fingerprint density at radius 2 is 2.04 bits per heavy atom. The fourth-order valence-electron chi connectivity index (χ4n) is 4.12. The van der Waals surface area contributed by atoms with Crippen LogP contribution in [0.4, 0.5) is 5.69 Å². The Morgan fingerprint density at radius 3 is 2.82 bits per heavy atom. The summed E-state index contributed by atoms with van der Waals surface area (Å²) in [4.78, 5) is 27.3. The average Bonchev–Trinajstić information content (AvgIpc) is 3.11. The Balaban J connectivity index is 1.39. The van der Waals surface area contributed by atoms with E-state index in [2.05, 4.69) is 28.4 Å². The number of para-hydroxylation sites is 1. The third-order valence-electron chi connectivity index (χ3n) is 5.67. The van der Waals surface area contributed by atoms with Gasteiger partial charge in [0.15, 0.2) is 0 Å². The maximum absolute atomic E-state index is 12.6. The van der Waals surface area contributed by atoms with Crippen LogP contribution in [0.15, 0.2) is 39.5 Å². The number of rotatable bonds is 5. The average molecular weight is 382 g/mol. The van der Waals surface area contributed by atoms with Gasteiger partial charge in [-0.05, 0) is 49.4 Å². The Kier molecular flexibility index (Phi) is 5.48. The highest BCUT2D eigenvalue weighted by molar-refractivity contribution is 5.95. The zero-order chi connectivity index (χ0) is 19.5. The monoisotopic (exact) mass is 382 g/mol. The summed E-state index contributed by atoms with van der Waals surface area (Å²) in [5.74, 6) is 0.487. The van der Waals surface area contributed by atoms with Crippen molar-refractivity contribution in [1.29, 1.82) is 0 Å². The molecule has 0 atom stereocenters. The molecule has 1 saturated heterocycles. The van der Waals surface area contributed by atoms with Crippen molar-refractivity contribution in [3.63, 3.8) is 0 Å². The largest absolute Gasteiger partial charge is 0.427 e. The molecule has 6 nitrogen and oxygen atoms in total. The van der Waals surface area contributed by atoms with Gasteiger partial charge in [-0.2, -0.15) is 0 Å². The Labute approximate surface area is 164 Å². The molecular formula is C22H26N2O4.